The lowest BCUT2D eigenvalue weighted by Crippen LogP contribution is -2.39. The van der Waals surface area contributed by atoms with Gasteiger partial charge in [-0.2, -0.15) is 0 Å². The van der Waals surface area contributed by atoms with Crippen molar-refractivity contribution in [2.75, 3.05) is 6.54 Å². The molecule has 4 N–H and O–H groups in total. The molecule has 37 heavy (non-hydrogen) atoms. The summed E-state index contributed by atoms with van der Waals surface area (Å²) in [6.07, 6.45) is -1.52. The van der Waals surface area contributed by atoms with Gasteiger partial charge in [0.1, 0.15) is 0 Å². The Hall–Kier alpha value is -3.37. The number of aliphatic hydroxyl groups is 2. The molecule has 0 saturated carbocycles. The van der Waals surface area contributed by atoms with Gasteiger partial charge >= 0.3 is 0 Å². The number of rotatable bonds is 10. The zero-order valence-corrected chi connectivity index (χ0v) is 21.2. The highest BCUT2D eigenvalue weighted by Crippen LogP contribution is 2.32. The fraction of sp³-hybridized carbons (Fsp3) is 0.286. The highest BCUT2D eigenvalue weighted by molar-refractivity contribution is 7.89. The van der Waals surface area contributed by atoms with E-state index in [4.69, 9.17) is 0 Å². The summed E-state index contributed by atoms with van der Waals surface area (Å²) in [6.45, 7) is 1.09. The van der Waals surface area contributed by atoms with Crippen LogP contribution in [0, 0.1) is 0 Å². The largest absolute Gasteiger partial charge is 0.392 e. The van der Waals surface area contributed by atoms with Gasteiger partial charge in [0.2, 0.25) is 15.9 Å². The Morgan fingerprint density at radius 3 is 2.30 bits per heavy atom. The summed E-state index contributed by atoms with van der Waals surface area (Å²) in [5, 5.41) is 24.2. The highest BCUT2D eigenvalue weighted by Gasteiger charge is 2.34. The number of aliphatic hydroxyl groups excluding tert-OH is 2. The normalized spacial score (nSPS) is 18.6. The number of nitrogens with one attached hydrogen (secondary N) is 2. The lowest BCUT2D eigenvalue weighted by molar-refractivity contribution is -0.124. The van der Waals surface area contributed by atoms with Gasteiger partial charge in [-0.15, -0.1) is 0 Å². The molecular formula is C28H30N2O6S. The number of benzene rings is 3. The van der Waals surface area contributed by atoms with Crippen LogP contribution in [0.4, 0.5) is 0 Å². The van der Waals surface area contributed by atoms with Crippen molar-refractivity contribution in [3.05, 3.63) is 101 Å². The van der Waals surface area contributed by atoms with Crippen molar-refractivity contribution < 1.29 is 28.2 Å². The van der Waals surface area contributed by atoms with Gasteiger partial charge in [0.25, 0.3) is 0 Å². The second-order valence-corrected chi connectivity index (χ2v) is 11.0. The molecule has 3 aromatic rings. The van der Waals surface area contributed by atoms with Crippen LogP contribution in [0.3, 0.4) is 0 Å². The summed E-state index contributed by atoms with van der Waals surface area (Å²) in [5.41, 5.74) is 2.90. The van der Waals surface area contributed by atoms with Gasteiger partial charge in [0, 0.05) is 18.5 Å². The van der Waals surface area contributed by atoms with Gasteiger partial charge in [-0.1, -0.05) is 66.7 Å². The first-order chi connectivity index (χ1) is 17.7. The van der Waals surface area contributed by atoms with Crippen LogP contribution in [0.5, 0.6) is 0 Å². The van der Waals surface area contributed by atoms with Gasteiger partial charge in [-0.3, -0.25) is 9.59 Å². The summed E-state index contributed by atoms with van der Waals surface area (Å²) in [5.74, 6) is -1.31. The standard InChI is InChI=1S/C28H30N2O6S/c1-18(31)19-11-13-23(14-12-19)37(35,36)29-17-22(32)16-25(20-7-3-2-4-8-20)28(34)30-27-24-10-6-5-9-21(24)15-26(27)33/h2-14,22,25-27,29,32-33H,15-17H2,1H3,(H,30,34)/t22-,25-,26+,27-/m0/s1. The number of sulfonamides is 1. The first-order valence-electron chi connectivity index (χ1n) is 12.1. The molecule has 1 amide bonds. The number of carbonyl (C=O) groups is 2. The second-order valence-electron chi connectivity index (χ2n) is 9.24. The maximum atomic E-state index is 13.4. The Morgan fingerprint density at radius 1 is 0.973 bits per heavy atom. The maximum Gasteiger partial charge on any atom is 0.240 e. The van der Waals surface area contributed by atoms with E-state index in [0.717, 1.165) is 11.1 Å². The molecule has 8 nitrogen and oxygen atoms in total. The average Bonchev–Trinajstić information content (AvgIpc) is 3.21. The minimum atomic E-state index is -3.93. The van der Waals surface area contributed by atoms with Crippen LogP contribution in [0.2, 0.25) is 0 Å². The van der Waals surface area contributed by atoms with Gasteiger partial charge in [-0.25, -0.2) is 13.1 Å². The van der Waals surface area contributed by atoms with Gasteiger partial charge in [0.15, 0.2) is 5.78 Å². The molecule has 0 radical (unpaired) electrons. The number of hydrogen-bond acceptors (Lipinski definition) is 6. The number of ketones is 1. The van der Waals surface area contributed by atoms with Crippen molar-refractivity contribution in [3.8, 4) is 0 Å². The van der Waals surface area contributed by atoms with Crippen molar-refractivity contribution in [2.24, 2.45) is 0 Å². The van der Waals surface area contributed by atoms with Crippen LogP contribution in [-0.4, -0.2) is 49.1 Å². The molecule has 0 saturated heterocycles. The second kappa shape index (κ2) is 11.4. The van der Waals surface area contributed by atoms with E-state index in [1.807, 2.05) is 30.3 Å². The minimum absolute atomic E-state index is 0.0315. The Balaban J connectivity index is 1.45. The van der Waals surface area contributed by atoms with Crippen molar-refractivity contribution in [3.63, 3.8) is 0 Å². The minimum Gasteiger partial charge on any atom is -0.392 e. The Morgan fingerprint density at radius 2 is 1.62 bits per heavy atom. The van der Waals surface area contributed by atoms with E-state index in [1.165, 1.54) is 31.2 Å². The van der Waals surface area contributed by atoms with E-state index >= 15 is 0 Å². The number of fused-ring (bicyclic) bond motifs is 1. The summed E-state index contributed by atoms with van der Waals surface area (Å²) in [4.78, 5) is 24.8. The summed E-state index contributed by atoms with van der Waals surface area (Å²) in [7, 11) is -3.93. The number of Topliss-reactive ketones (excluding diaryl/α,β-unsaturated/α-hetero) is 1. The smallest absolute Gasteiger partial charge is 0.240 e. The topological polar surface area (TPSA) is 133 Å². The van der Waals surface area contributed by atoms with Gasteiger partial charge < -0.3 is 15.5 Å². The van der Waals surface area contributed by atoms with Crippen LogP contribution < -0.4 is 10.0 Å². The Kier molecular flexibility index (Phi) is 8.19. The zero-order valence-electron chi connectivity index (χ0n) is 20.4. The molecule has 3 aromatic carbocycles. The summed E-state index contributed by atoms with van der Waals surface area (Å²) < 4.78 is 27.7. The molecule has 0 unspecified atom stereocenters. The van der Waals surface area contributed by atoms with Crippen molar-refractivity contribution in [2.45, 2.75) is 48.8 Å². The molecule has 4 rings (SSSR count). The van der Waals surface area contributed by atoms with E-state index in [1.54, 1.807) is 24.3 Å². The molecular weight excluding hydrogens is 492 g/mol. The van der Waals surface area contributed by atoms with Crippen molar-refractivity contribution in [1.82, 2.24) is 10.0 Å². The molecule has 0 aromatic heterocycles. The van der Waals surface area contributed by atoms with E-state index < -0.39 is 34.2 Å². The fourth-order valence-corrected chi connectivity index (χ4v) is 5.67. The first kappa shape index (κ1) is 26.7. The van der Waals surface area contributed by atoms with Gasteiger partial charge in [0.05, 0.1) is 29.1 Å². The lowest BCUT2D eigenvalue weighted by Gasteiger charge is -2.24. The van der Waals surface area contributed by atoms with Crippen LogP contribution in [0.15, 0.2) is 83.8 Å². The average molecular weight is 523 g/mol. The Labute approximate surface area is 216 Å². The molecule has 0 heterocycles. The Bertz CT molecular complexity index is 1360. The third-order valence-corrected chi connectivity index (χ3v) is 8.05. The van der Waals surface area contributed by atoms with Gasteiger partial charge in [-0.05, 0) is 42.2 Å². The first-order valence-corrected chi connectivity index (χ1v) is 13.5. The summed E-state index contributed by atoms with van der Waals surface area (Å²) in [6, 6.07) is 21.4. The molecule has 0 spiro atoms. The zero-order chi connectivity index (χ0) is 26.6. The van der Waals surface area contributed by atoms with Crippen LogP contribution in [-0.2, 0) is 21.2 Å². The number of carbonyl (C=O) groups excluding carboxylic acids is 2. The van der Waals surface area contributed by atoms with E-state index in [2.05, 4.69) is 10.0 Å². The van der Waals surface area contributed by atoms with Crippen LogP contribution in [0.1, 0.15) is 52.4 Å². The molecule has 0 fully saturated rings. The predicted octanol–water partition coefficient (Wildman–Crippen LogP) is 2.48. The number of hydrogen-bond donors (Lipinski definition) is 4. The molecule has 4 atom stereocenters. The molecule has 9 heteroatoms. The highest BCUT2D eigenvalue weighted by atomic mass is 32.2. The van der Waals surface area contributed by atoms with Crippen molar-refractivity contribution in [1.29, 1.82) is 0 Å². The predicted molar refractivity (Wildman–Crippen MR) is 138 cm³/mol. The van der Waals surface area contributed by atoms with E-state index in [9.17, 15) is 28.2 Å². The molecule has 1 aliphatic rings. The molecule has 194 valence electrons. The fourth-order valence-electron chi connectivity index (χ4n) is 4.60. The van der Waals surface area contributed by atoms with Crippen LogP contribution in [0.25, 0.3) is 0 Å². The van der Waals surface area contributed by atoms with E-state index in [-0.39, 0.29) is 29.6 Å². The molecule has 0 aliphatic heterocycles. The molecule has 1 aliphatic carbocycles. The number of amides is 1. The lowest BCUT2D eigenvalue weighted by atomic mass is 9.91. The maximum absolute atomic E-state index is 13.4. The van der Waals surface area contributed by atoms with E-state index in [0.29, 0.717) is 17.5 Å². The third-order valence-electron chi connectivity index (χ3n) is 6.61. The monoisotopic (exact) mass is 522 g/mol. The molecule has 0 bridgehead atoms. The quantitative estimate of drug-likeness (QED) is 0.303. The third kappa shape index (κ3) is 6.31. The van der Waals surface area contributed by atoms with Crippen molar-refractivity contribution >= 4 is 21.7 Å². The SMILES string of the molecule is CC(=O)c1ccc(S(=O)(=O)NC[C@@H](O)C[C@H](C(=O)N[C@H]2c3ccccc3C[C@H]2O)c2ccccc2)cc1. The summed E-state index contributed by atoms with van der Waals surface area (Å²) >= 11 is 0. The van der Waals surface area contributed by atoms with Crippen LogP contribution >= 0.6 is 0 Å².